The minimum atomic E-state index is -4.63. The Morgan fingerprint density at radius 2 is 1.86 bits per heavy atom. The average molecular weight is 513 g/mol. The molecule has 1 aliphatic heterocycles. The number of aromatic nitrogens is 1. The van der Waals surface area contributed by atoms with Crippen LogP contribution in [0.1, 0.15) is 37.8 Å². The highest BCUT2D eigenvalue weighted by Gasteiger charge is 2.39. The average Bonchev–Trinajstić information content (AvgIpc) is 3.16. The van der Waals surface area contributed by atoms with Crippen molar-refractivity contribution in [2.45, 2.75) is 44.5 Å². The van der Waals surface area contributed by atoms with Crippen LogP contribution in [0.25, 0.3) is 22.2 Å². The third kappa shape index (κ3) is 4.96. The second-order valence-corrected chi connectivity index (χ2v) is 9.38. The normalized spacial score (nSPS) is 17.2. The van der Waals surface area contributed by atoms with Gasteiger partial charge in [-0.1, -0.05) is 12.1 Å². The van der Waals surface area contributed by atoms with Crippen LogP contribution in [-0.2, 0) is 9.47 Å². The molecule has 5 rings (SSSR count). The molecule has 1 amide bonds. The summed E-state index contributed by atoms with van der Waals surface area (Å²) in [5.74, 6) is 0. The molecule has 1 saturated heterocycles. The quantitative estimate of drug-likeness (QED) is 0.438. The van der Waals surface area contributed by atoms with Crippen LogP contribution in [0.3, 0.4) is 0 Å². The number of benzene rings is 2. The van der Waals surface area contributed by atoms with Crippen molar-refractivity contribution >= 4 is 28.4 Å². The van der Waals surface area contributed by atoms with Gasteiger partial charge in [-0.25, -0.2) is 4.79 Å². The molecule has 0 radical (unpaired) electrons. The van der Waals surface area contributed by atoms with Crippen molar-refractivity contribution in [3.8, 4) is 17.3 Å². The van der Waals surface area contributed by atoms with Crippen molar-refractivity contribution in [3.63, 3.8) is 0 Å². The molecule has 0 bridgehead atoms. The number of rotatable bonds is 5. The van der Waals surface area contributed by atoms with E-state index in [0.29, 0.717) is 24.5 Å². The molecule has 1 aliphatic carbocycles. The Bertz CT molecular complexity index is 1330. The number of amides is 1. The molecule has 7 nitrogen and oxygen atoms in total. The molecule has 37 heavy (non-hydrogen) atoms. The SMILES string of the molecule is C[C@@H](OC(=O)Nc1ccc(-c2c(C#N)c3ccc(N4CCOCC4)cc3n2C2CCC2)cc1)C(F)(F)F. The van der Waals surface area contributed by atoms with Gasteiger partial charge < -0.3 is 18.9 Å². The number of hydrogen-bond donors (Lipinski definition) is 1. The lowest BCUT2D eigenvalue weighted by Crippen LogP contribution is -2.36. The Balaban J connectivity index is 1.48. The Morgan fingerprint density at radius 3 is 2.46 bits per heavy atom. The van der Waals surface area contributed by atoms with E-state index in [1.807, 2.05) is 12.1 Å². The minimum Gasteiger partial charge on any atom is -0.437 e. The van der Waals surface area contributed by atoms with Gasteiger partial charge in [0.2, 0.25) is 0 Å². The number of carbonyl (C=O) groups excluding carboxylic acids is 1. The van der Waals surface area contributed by atoms with Gasteiger partial charge in [-0.05, 0) is 62.1 Å². The van der Waals surface area contributed by atoms with Crippen molar-refractivity contribution in [3.05, 3.63) is 48.0 Å². The molecule has 2 aromatic carbocycles. The lowest BCUT2D eigenvalue weighted by molar-refractivity contribution is -0.196. The topological polar surface area (TPSA) is 79.5 Å². The van der Waals surface area contributed by atoms with Gasteiger partial charge in [-0.3, -0.25) is 5.32 Å². The second kappa shape index (κ2) is 9.98. The van der Waals surface area contributed by atoms with Crippen molar-refractivity contribution in [2.24, 2.45) is 0 Å². The summed E-state index contributed by atoms with van der Waals surface area (Å²) < 4.78 is 50.2. The highest BCUT2D eigenvalue weighted by molar-refractivity contribution is 5.96. The minimum absolute atomic E-state index is 0.274. The van der Waals surface area contributed by atoms with Gasteiger partial charge in [-0.15, -0.1) is 0 Å². The molecule has 1 atom stereocenters. The maximum absolute atomic E-state index is 12.7. The molecule has 10 heteroatoms. The summed E-state index contributed by atoms with van der Waals surface area (Å²) in [7, 11) is 0. The second-order valence-electron chi connectivity index (χ2n) is 9.38. The molecule has 0 unspecified atom stereocenters. The van der Waals surface area contributed by atoms with E-state index in [2.05, 4.69) is 31.7 Å². The van der Waals surface area contributed by atoms with Gasteiger partial charge in [0.25, 0.3) is 0 Å². The predicted octanol–water partition coefficient (Wildman–Crippen LogP) is 6.24. The standard InChI is InChI=1S/C27H27F3N4O3/c1-17(27(28,29)30)37-26(35)32-19-7-5-18(6-8-19)25-23(16-31)22-10-9-21(33-11-13-36-14-12-33)15-24(22)34(25)20-3-2-4-20/h5-10,15,17,20H,2-4,11-14H2,1H3,(H,32,35)/t17-/m1/s1. The predicted molar refractivity (Wildman–Crippen MR) is 134 cm³/mol. The fourth-order valence-electron chi connectivity index (χ4n) is 4.82. The van der Waals surface area contributed by atoms with Crippen LogP contribution in [0, 0.1) is 11.3 Å². The molecule has 3 aromatic rings. The van der Waals surface area contributed by atoms with Crippen LogP contribution < -0.4 is 10.2 Å². The molecule has 2 heterocycles. The molecule has 1 aromatic heterocycles. The molecule has 2 aliphatic rings. The van der Waals surface area contributed by atoms with Gasteiger partial charge in [0.1, 0.15) is 6.07 Å². The summed E-state index contributed by atoms with van der Waals surface area (Å²) in [6, 6.07) is 15.6. The molecule has 1 N–H and O–H groups in total. The van der Waals surface area contributed by atoms with Gasteiger partial charge >= 0.3 is 12.3 Å². The van der Waals surface area contributed by atoms with Crippen LogP contribution in [0.2, 0.25) is 0 Å². The molecule has 2 fully saturated rings. The van der Waals surface area contributed by atoms with E-state index in [-0.39, 0.29) is 6.04 Å². The maximum atomic E-state index is 12.7. The first-order valence-corrected chi connectivity index (χ1v) is 12.3. The largest absolute Gasteiger partial charge is 0.437 e. The summed E-state index contributed by atoms with van der Waals surface area (Å²) in [4.78, 5) is 14.2. The van der Waals surface area contributed by atoms with Crippen LogP contribution in [0.15, 0.2) is 42.5 Å². The van der Waals surface area contributed by atoms with Crippen molar-refractivity contribution in [1.82, 2.24) is 4.57 Å². The van der Waals surface area contributed by atoms with Crippen LogP contribution >= 0.6 is 0 Å². The summed E-state index contributed by atoms with van der Waals surface area (Å²) in [6.07, 6.45) is -4.87. The summed E-state index contributed by atoms with van der Waals surface area (Å²) in [5, 5.41) is 13.4. The fourth-order valence-corrected chi connectivity index (χ4v) is 4.82. The number of nitrogens with one attached hydrogen (secondary N) is 1. The zero-order valence-corrected chi connectivity index (χ0v) is 20.3. The van der Waals surface area contributed by atoms with E-state index in [0.717, 1.165) is 67.1 Å². The summed E-state index contributed by atoms with van der Waals surface area (Å²) in [5.41, 5.74) is 4.57. The fraction of sp³-hybridized carbons (Fsp3) is 0.407. The third-order valence-electron chi connectivity index (χ3n) is 7.07. The van der Waals surface area contributed by atoms with Crippen LogP contribution in [0.5, 0.6) is 0 Å². The highest BCUT2D eigenvalue weighted by Crippen LogP contribution is 2.43. The number of morpholine rings is 1. The van der Waals surface area contributed by atoms with Crippen LogP contribution in [-0.4, -0.2) is 49.2 Å². The summed E-state index contributed by atoms with van der Waals surface area (Å²) >= 11 is 0. The smallest absolute Gasteiger partial charge is 0.425 e. The van der Waals surface area contributed by atoms with E-state index in [4.69, 9.17) is 4.74 Å². The monoisotopic (exact) mass is 512 g/mol. The number of nitrogens with zero attached hydrogens (tertiary/aromatic N) is 3. The van der Waals surface area contributed by atoms with E-state index in [1.165, 1.54) is 0 Å². The Morgan fingerprint density at radius 1 is 1.16 bits per heavy atom. The van der Waals surface area contributed by atoms with E-state index in [1.54, 1.807) is 24.3 Å². The Labute approximate surface area is 212 Å². The van der Waals surface area contributed by atoms with E-state index < -0.39 is 18.4 Å². The van der Waals surface area contributed by atoms with Crippen molar-refractivity contribution in [1.29, 1.82) is 5.26 Å². The van der Waals surface area contributed by atoms with Crippen molar-refractivity contribution in [2.75, 3.05) is 36.5 Å². The number of carbonyl (C=O) groups is 1. The molecule has 1 saturated carbocycles. The lowest BCUT2D eigenvalue weighted by Gasteiger charge is -2.31. The summed E-state index contributed by atoms with van der Waals surface area (Å²) in [6.45, 7) is 3.76. The lowest BCUT2D eigenvalue weighted by atomic mass is 9.92. The zero-order valence-electron chi connectivity index (χ0n) is 20.3. The molecule has 194 valence electrons. The van der Waals surface area contributed by atoms with Gasteiger partial charge in [0.05, 0.1) is 30.0 Å². The van der Waals surface area contributed by atoms with E-state index >= 15 is 0 Å². The molecule has 0 spiro atoms. The van der Waals surface area contributed by atoms with Gasteiger partial charge in [-0.2, -0.15) is 18.4 Å². The number of ether oxygens (including phenoxy) is 2. The Kier molecular flexibility index (Phi) is 6.73. The van der Waals surface area contributed by atoms with Crippen molar-refractivity contribution < 1.29 is 27.4 Å². The molecular formula is C27H27F3N4O3. The number of alkyl halides is 3. The van der Waals surface area contributed by atoms with Crippen LogP contribution in [0.4, 0.5) is 29.3 Å². The van der Waals surface area contributed by atoms with E-state index in [9.17, 15) is 23.2 Å². The molecular weight excluding hydrogens is 485 g/mol. The number of halogens is 3. The first kappa shape index (κ1) is 25.0. The maximum Gasteiger partial charge on any atom is 0.425 e. The van der Waals surface area contributed by atoms with Gasteiger partial charge in [0, 0.05) is 35.9 Å². The first-order valence-electron chi connectivity index (χ1n) is 12.3. The zero-order chi connectivity index (χ0) is 26.2. The highest BCUT2D eigenvalue weighted by atomic mass is 19.4. The van der Waals surface area contributed by atoms with Gasteiger partial charge in [0.15, 0.2) is 6.10 Å². The number of nitriles is 1. The third-order valence-corrected chi connectivity index (χ3v) is 7.07. The Hall–Kier alpha value is -3.71. The number of hydrogen-bond acceptors (Lipinski definition) is 5. The number of fused-ring (bicyclic) bond motifs is 1. The first-order chi connectivity index (χ1) is 17.8. The number of anilines is 2.